The first kappa shape index (κ1) is 18.4. The molecular weight excluding hydrogens is 375 g/mol. The Morgan fingerprint density at radius 2 is 1.69 bits per heavy atom. The van der Waals surface area contributed by atoms with E-state index in [-0.39, 0.29) is 0 Å². The first-order chi connectivity index (χ1) is 12.4. The third-order valence-electron chi connectivity index (χ3n) is 4.30. The molecule has 0 aromatic heterocycles. The van der Waals surface area contributed by atoms with Crippen LogP contribution < -0.4 is 5.32 Å². The molecule has 0 bridgehead atoms. The Morgan fingerprint density at radius 3 is 2.27 bits per heavy atom. The lowest BCUT2D eigenvalue weighted by Crippen LogP contribution is -2.48. The minimum atomic E-state index is -0.900. The molecule has 0 aliphatic carbocycles. The minimum Gasteiger partial charge on any atom is -0.354 e. The largest absolute Gasteiger partial charge is 0.354 e. The lowest BCUT2D eigenvalue weighted by molar-refractivity contribution is -0.124. The van der Waals surface area contributed by atoms with Gasteiger partial charge in [-0.25, -0.2) is 0 Å². The Kier molecular flexibility index (Phi) is 5.30. The van der Waals surface area contributed by atoms with Crippen molar-refractivity contribution in [1.82, 2.24) is 10.2 Å². The number of hydrogen-bond acceptors (Lipinski definition) is 3. The van der Waals surface area contributed by atoms with Gasteiger partial charge >= 0.3 is 0 Å². The lowest BCUT2D eigenvalue weighted by atomic mass is 10.1. The molecule has 1 aliphatic rings. The van der Waals surface area contributed by atoms with Gasteiger partial charge in [-0.3, -0.25) is 19.3 Å². The maximum Gasteiger partial charge on any atom is 0.262 e. The van der Waals surface area contributed by atoms with E-state index in [9.17, 15) is 14.4 Å². The van der Waals surface area contributed by atoms with E-state index < -0.39 is 23.8 Å². The van der Waals surface area contributed by atoms with Crippen LogP contribution in [0.4, 0.5) is 0 Å². The van der Waals surface area contributed by atoms with E-state index in [4.69, 9.17) is 23.2 Å². The molecule has 0 saturated heterocycles. The predicted molar refractivity (Wildman–Crippen MR) is 99.6 cm³/mol. The molecule has 0 unspecified atom stereocenters. The molecule has 134 valence electrons. The molecule has 0 spiro atoms. The number of halogens is 2. The molecule has 5 nitrogen and oxygen atoms in total. The number of nitrogens with one attached hydrogen (secondary N) is 1. The maximum atomic E-state index is 12.4. The molecule has 3 rings (SSSR count). The van der Waals surface area contributed by atoms with E-state index in [1.165, 1.54) is 6.92 Å². The van der Waals surface area contributed by atoms with Crippen LogP contribution in [0.3, 0.4) is 0 Å². The molecule has 3 amide bonds. The van der Waals surface area contributed by atoms with Gasteiger partial charge in [-0.15, -0.1) is 0 Å². The van der Waals surface area contributed by atoms with Gasteiger partial charge in [0.25, 0.3) is 11.8 Å². The summed E-state index contributed by atoms with van der Waals surface area (Å²) in [5, 5.41) is 3.81. The number of rotatable bonds is 5. The number of fused-ring (bicyclic) bond motifs is 1. The molecule has 2 aromatic carbocycles. The topological polar surface area (TPSA) is 66.5 Å². The van der Waals surface area contributed by atoms with E-state index in [1.54, 1.807) is 42.5 Å². The van der Waals surface area contributed by atoms with Crippen LogP contribution in [0.5, 0.6) is 0 Å². The molecular formula is C19H16Cl2N2O3. The average Bonchev–Trinajstić information content (AvgIpc) is 2.87. The Hall–Kier alpha value is -2.37. The Balaban J connectivity index is 1.62. The third kappa shape index (κ3) is 3.45. The summed E-state index contributed by atoms with van der Waals surface area (Å²) >= 11 is 12.0. The van der Waals surface area contributed by atoms with Crippen molar-refractivity contribution in [3.8, 4) is 0 Å². The van der Waals surface area contributed by atoms with Gasteiger partial charge in [-0.1, -0.05) is 41.4 Å². The number of benzene rings is 2. The number of amides is 3. The number of imide groups is 1. The van der Waals surface area contributed by atoms with Gasteiger partial charge in [0.15, 0.2) is 0 Å². The molecule has 2 aromatic rings. The third-order valence-corrected chi connectivity index (χ3v) is 4.89. The first-order valence-electron chi connectivity index (χ1n) is 8.08. The molecule has 0 radical (unpaired) electrons. The molecule has 1 aliphatic heterocycles. The van der Waals surface area contributed by atoms with E-state index >= 15 is 0 Å². The van der Waals surface area contributed by atoms with Crippen LogP contribution in [0.15, 0.2) is 42.5 Å². The van der Waals surface area contributed by atoms with Gasteiger partial charge in [-0.2, -0.15) is 0 Å². The molecule has 0 fully saturated rings. The van der Waals surface area contributed by atoms with Crippen molar-refractivity contribution >= 4 is 40.9 Å². The van der Waals surface area contributed by atoms with Crippen molar-refractivity contribution in [2.45, 2.75) is 19.4 Å². The van der Waals surface area contributed by atoms with Crippen molar-refractivity contribution < 1.29 is 14.4 Å². The fraction of sp³-hybridized carbons (Fsp3) is 0.211. The Labute approximate surface area is 160 Å². The number of nitrogens with zero attached hydrogens (tertiary/aromatic N) is 1. The fourth-order valence-corrected chi connectivity index (χ4v) is 3.37. The summed E-state index contributed by atoms with van der Waals surface area (Å²) in [4.78, 5) is 38.2. The molecule has 1 N–H and O–H groups in total. The average molecular weight is 391 g/mol. The summed E-state index contributed by atoms with van der Waals surface area (Å²) in [6, 6.07) is 10.8. The van der Waals surface area contributed by atoms with Gasteiger partial charge in [-0.05, 0) is 43.2 Å². The lowest BCUT2D eigenvalue weighted by Gasteiger charge is -2.21. The van der Waals surface area contributed by atoms with Gasteiger partial charge in [0.2, 0.25) is 5.91 Å². The van der Waals surface area contributed by atoms with Crippen molar-refractivity contribution in [2.24, 2.45) is 0 Å². The van der Waals surface area contributed by atoms with Crippen LogP contribution in [0.1, 0.15) is 33.2 Å². The highest BCUT2D eigenvalue weighted by molar-refractivity contribution is 6.35. The first-order valence-corrected chi connectivity index (χ1v) is 8.84. The number of carbonyl (C=O) groups is 3. The van der Waals surface area contributed by atoms with Crippen LogP contribution in [0, 0.1) is 0 Å². The summed E-state index contributed by atoms with van der Waals surface area (Å²) in [5.74, 6) is -1.30. The summed E-state index contributed by atoms with van der Waals surface area (Å²) in [5.41, 5.74) is 1.50. The van der Waals surface area contributed by atoms with E-state index in [2.05, 4.69) is 5.32 Å². The quantitative estimate of drug-likeness (QED) is 0.796. The molecule has 26 heavy (non-hydrogen) atoms. The fourth-order valence-electron chi connectivity index (χ4n) is 2.87. The van der Waals surface area contributed by atoms with Crippen LogP contribution >= 0.6 is 23.2 Å². The highest BCUT2D eigenvalue weighted by atomic mass is 35.5. The zero-order valence-electron chi connectivity index (χ0n) is 14.0. The summed E-state index contributed by atoms with van der Waals surface area (Å²) in [6.45, 7) is 1.86. The number of carbonyl (C=O) groups excluding carboxylic acids is 3. The number of hydrogen-bond donors (Lipinski definition) is 1. The van der Waals surface area contributed by atoms with Crippen LogP contribution in [0.2, 0.25) is 10.0 Å². The Morgan fingerprint density at radius 1 is 1.08 bits per heavy atom. The summed E-state index contributed by atoms with van der Waals surface area (Å²) < 4.78 is 0. The standard InChI is InChI=1S/C19H16Cl2N2O3/c1-11(23-18(25)14-4-2-3-5-15(14)19(23)26)17(24)22-9-8-12-6-7-13(20)10-16(12)21/h2-7,10-11H,8-9H2,1H3,(H,22,24)/t11-/m1/s1. The van der Waals surface area contributed by atoms with Gasteiger partial charge < -0.3 is 5.32 Å². The second-order valence-corrected chi connectivity index (χ2v) is 6.82. The molecule has 0 saturated carbocycles. The van der Waals surface area contributed by atoms with Crippen LogP contribution in [-0.2, 0) is 11.2 Å². The Bertz CT molecular complexity index is 863. The van der Waals surface area contributed by atoms with E-state index in [1.807, 2.05) is 0 Å². The smallest absolute Gasteiger partial charge is 0.262 e. The molecule has 1 atom stereocenters. The van der Waals surface area contributed by atoms with Crippen LogP contribution in [0.25, 0.3) is 0 Å². The van der Waals surface area contributed by atoms with Crippen molar-refractivity contribution in [3.63, 3.8) is 0 Å². The minimum absolute atomic E-state index is 0.324. The van der Waals surface area contributed by atoms with Gasteiger partial charge in [0.05, 0.1) is 11.1 Å². The molecule has 7 heteroatoms. The molecule has 1 heterocycles. The zero-order valence-corrected chi connectivity index (χ0v) is 15.5. The zero-order chi connectivity index (χ0) is 18.8. The van der Waals surface area contributed by atoms with Crippen molar-refractivity contribution in [3.05, 3.63) is 69.2 Å². The maximum absolute atomic E-state index is 12.4. The second kappa shape index (κ2) is 7.48. The summed E-state index contributed by atoms with van der Waals surface area (Å²) in [7, 11) is 0. The highest BCUT2D eigenvalue weighted by Crippen LogP contribution is 2.24. The van der Waals surface area contributed by atoms with Crippen molar-refractivity contribution in [1.29, 1.82) is 0 Å². The second-order valence-electron chi connectivity index (χ2n) is 5.98. The highest BCUT2D eigenvalue weighted by Gasteiger charge is 2.40. The predicted octanol–water partition coefficient (Wildman–Crippen LogP) is 3.34. The normalized spacial score (nSPS) is 14.3. The van der Waals surface area contributed by atoms with E-state index in [0.29, 0.717) is 34.1 Å². The summed E-state index contributed by atoms with van der Waals surface area (Å²) in [6.07, 6.45) is 0.510. The van der Waals surface area contributed by atoms with Crippen molar-refractivity contribution in [2.75, 3.05) is 6.54 Å². The van der Waals surface area contributed by atoms with E-state index in [0.717, 1.165) is 10.5 Å². The van der Waals surface area contributed by atoms with Gasteiger partial charge in [0, 0.05) is 16.6 Å². The SMILES string of the molecule is C[C@H](C(=O)NCCc1ccc(Cl)cc1Cl)N1C(=O)c2ccccc2C1=O. The van der Waals surface area contributed by atoms with Gasteiger partial charge in [0.1, 0.15) is 6.04 Å². The van der Waals surface area contributed by atoms with Crippen LogP contribution in [-0.4, -0.2) is 35.2 Å². The monoisotopic (exact) mass is 390 g/mol.